The first-order valence-electron chi connectivity index (χ1n) is 9.02. The lowest BCUT2D eigenvalue weighted by Crippen LogP contribution is -2.52. The Kier molecular flexibility index (Phi) is 5.51. The molecule has 30 heavy (non-hydrogen) atoms. The zero-order chi connectivity index (χ0) is 22.3. The summed E-state index contributed by atoms with van der Waals surface area (Å²) in [5.74, 6) is -1.89. The highest BCUT2D eigenvalue weighted by Crippen LogP contribution is 2.47. The molecular weight excluding hydrogens is 404 g/mol. The minimum Gasteiger partial charge on any atom is -0.508 e. The molecule has 9 heteroatoms. The summed E-state index contributed by atoms with van der Waals surface area (Å²) in [5.41, 5.74) is -3.05. The second kappa shape index (κ2) is 7.64. The zero-order valence-corrected chi connectivity index (χ0v) is 16.0. The maximum absolute atomic E-state index is 14.1. The van der Waals surface area contributed by atoms with Crippen LogP contribution in [0, 0.1) is 5.82 Å². The fraction of sp³-hybridized carbons (Fsp3) is 0.286. The number of benzene rings is 2. The summed E-state index contributed by atoms with van der Waals surface area (Å²) in [6, 6.07) is 4.98. The Morgan fingerprint density at radius 1 is 1.30 bits per heavy atom. The first kappa shape index (κ1) is 21.6. The van der Waals surface area contributed by atoms with Gasteiger partial charge in [-0.05, 0) is 37.3 Å². The van der Waals surface area contributed by atoms with Crippen LogP contribution in [-0.4, -0.2) is 27.9 Å². The number of fused-ring (bicyclic) bond motifs is 1. The van der Waals surface area contributed by atoms with Crippen LogP contribution in [0.4, 0.5) is 23.2 Å². The highest BCUT2D eigenvalue weighted by molar-refractivity contribution is 6.00. The highest BCUT2D eigenvalue weighted by atomic mass is 19.4. The van der Waals surface area contributed by atoms with Gasteiger partial charge in [-0.3, -0.25) is 4.79 Å². The Balaban J connectivity index is 2.20. The number of aromatic hydroxyl groups is 1. The number of amides is 1. The van der Waals surface area contributed by atoms with E-state index in [1.165, 1.54) is 25.1 Å². The molecule has 0 spiro atoms. The molecule has 2 aromatic rings. The van der Waals surface area contributed by atoms with Crippen molar-refractivity contribution in [1.29, 1.82) is 0 Å². The Hall–Kier alpha value is -3.07. The molecule has 0 aliphatic carbocycles. The van der Waals surface area contributed by atoms with E-state index in [9.17, 15) is 32.6 Å². The quantitative estimate of drug-likeness (QED) is 0.414. The molecule has 1 amide bonds. The standard InChI is InChI=1S/C21H20F4N2O3/c1-11(2)9-20(30,21(23,24)25)18(14-8-12(22)6-7-17(14)28)27-16-5-3-4-13-15(16)10-26-19(13)29/h3-8,18,27-28,30H,1,9-10H2,2H3,(H,26,29). The summed E-state index contributed by atoms with van der Waals surface area (Å²) in [6.45, 7) is 4.86. The van der Waals surface area contributed by atoms with Crippen molar-refractivity contribution >= 4 is 11.6 Å². The summed E-state index contributed by atoms with van der Waals surface area (Å²) < 4.78 is 56.2. The van der Waals surface area contributed by atoms with Gasteiger partial charge in [-0.25, -0.2) is 4.39 Å². The molecule has 0 saturated carbocycles. The van der Waals surface area contributed by atoms with Gasteiger partial charge in [0.15, 0.2) is 5.60 Å². The largest absolute Gasteiger partial charge is 0.508 e. The number of nitrogens with one attached hydrogen (secondary N) is 2. The number of alkyl halides is 3. The molecule has 5 nitrogen and oxygen atoms in total. The van der Waals surface area contributed by atoms with Crippen molar-refractivity contribution in [2.24, 2.45) is 0 Å². The third-order valence-corrected chi connectivity index (χ3v) is 4.99. The van der Waals surface area contributed by atoms with Gasteiger partial charge in [0.25, 0.3) is 5.91 Å². The molecule has 2 atom stereocenters. The fourth-order valence-corrected chi connectivity index (χ4v) is 3.58. The van der Waals surface area contributed by atoms with Gasteiger partial charge in [-0.2, -0.15) is 13.2 Å². The maximum atomic E-state index is 14.1. The van der Waals surface area contributed by atoms with E-state index in [1.807, 2.05) is 0 Å². The van der Waals surface area contributed by atoms with E-state index in [0.717, 1.165) is 18.2 Å². The number of hydrogen-bond acceptors (Lipinski definition) is 4. The number of halogens is 4. The van der Waals surface area contributed by atoms with Crippen molar-refractivity contribution in [3.05, 3.63) is 71.1 Å². The second-order valence-corrected chi connectivity index (χ2v) is 7.35. The molecular formula is C21H20F4N2O3. The van der Waals surface area contributed by atoms with E-state index < -0.39 is 41.4 Å². The van der Waals surface area contributed by atoms with E-state index in [0.29, 0.717) is 5.56 Å². The Morgan fingerprint density at radius 3 is 2.63 bits per heavy atom. The molecule has 1 aliphatic heterocycles. The lowest BCUT2D eigenvalue weighted by molar-refractivity contribution is -0.266. The molecule has 160 valence electrons. The predicted molar refractivity (Wildman–Crippen MR) is 102 cm³/mol. The number of anilines is 1. The third kappa shape index (κ3) is 3.85. The van der Waals surface area contributed by atoms with Gasteiger partial charge in [-0.1, -0.05) is 11.6 Å². The smallest absolute Gasteiger partial charge is 0.419 e. The lowest BCUT2D eigenvalue weighted by atomic mass is 9.82. The number of hydrogen-bond donors (Lipinski definition) is 4. The van der Waals surface area contributed by atoms with Gasteiger partial charge < -0.3 is 20.8 Å². The summed E-state index contributed by atoms with van der Waals surface area (Å²) in [5, 5.41) is 26.2. The summed E-state index contributed by atoms with van der Waals surface area (Å²) in [6.07, 6.45) is -6.05. The van der Waals surface area contributed by atoms with E-state index >= 15 is 0 Å². The Morgan fingerprint density at radius 2 is 2.00 bits per heavy atom. The molecule has 3 rings (SSSR count). The van der Waals surface area contributed by atoms with E-state index in [2.05, 4.69) is 17.2 Å². The van der Waals surface area contributed by atoms with Crippen LogP contribution in [0.5, 0.6) is 5.75 Å². The van der Waals surface area contributed by atoms with Gasteiger partial charge in [0.05, 0.1) is 6.04 Å². The van der Waals surface area contributed by atoms with E-state index in [1.54, 1.807) is 0 Å². The molecule has 0 radical (unpaired) electrons. The second-order valence-electron chi connectivity index (χ2n) is 7.35. The van der Waals surface area contributed by atoms with Crippen LogP contribution in [0.1, 0.15) is 40.9 Å². The lowest BCUT2D eigenvalue weighted by Gasteiger charge is -2.39. The molecule has 1 aliphatic rings. The van der Waals surface area contributed by atoms with Crippen molar-refractivity contribution in [3.63, 3.8) is 0 Å². The number of aliphatic hydroxyl groups is 1. The van der Waals surface area contributed by atoms with Crippen molar-refractivity contribution in [3.8, 4) is 5.75 Å². The normalized spacial score (nSPS) is 16.4. The van der Waals surface area contributed by atoms with Crippen LogP contribution < -0.4 is 10.6 Å². The molecule has 4 N–H and O–H groups in total. The minimum atomic E-state index is -5.16. The highest BCUT2D eigenvalue weighted by Gasteiger charge is 2.59. The number of carbonyl (C=O) groups is 1. The fourth-order valence-electron chi connectivity index (χ4n) is 3.58. The van der Waals surface area contributed by atoms with Gasteiger partial charge >= 0.3 is 6.18 Å². The van der Waals surface area contributed by atoms with Crippen LogP contribution in [0.3, 0.4) is 0 Å². The van der Waals surface area contributed by atoms with Gasteiger partial charge in [0, 0.05) is 35.3 Å². The van der Waals surface area contributed by atoms with Gasteiger partial charge in [-0.15, -0.1) is 6.58 Å². The molecule has 2 aromatic carbocycles. The maximum Gasteiger partial charge on any atom is 0.419 e. The third-order valence-electron chi connectivity index (χ3n) is 4.99. The van der Waals surface area contributed by atoms with Crippen molar-refractivity contribution < 1.29 is 32.6 Å². The van der Waals surface area contributed by atoms with Crippen molar-refractivity contribution in [1.82, 2.24) is 5.32 Å². The zero-order valence-electron chi connectivity index (χ0n) is 16.0. The topological polar surface area (TPSA) is 81.6 Å². The molecule has 1 heterocycles. The van der Waals surface area contributed by atoms with Gasteiger partial charge in [0.1, 0.15) is 11.6 Å². The van der Waals surface area contributed by atoms with Crippen LogP contribution in [0.25, 0.3) is 0 Å². The van der Waals surface area contributed by atoms with Gasteiger partial charge in [0.2, 0.25) is 0 Å². The SMILES string of the molecule is C=C(C)CC(O)(C(Nc1cccc2c1CNC2=O)c1cc(F)ccc1O)C(F)(F)F. The number of carbonyl (C=O) groups excluding carboxylic acids is 1. The molecule has 0 saturated heterocycles. The molecule has 0 bridgehead atoms. The molecule has 2 unspecified atom stereocenters. The summed E-state index contributed by atoms with van der Waals surface area (Å²) >= 11 is 0. The molecule has 0 aromatic heterocycles. The van der Waals surface area contributed by atoms with E-state index in [4.69, 9.17) is 0 Å². The average Bonchev–Trinajstić information content (AvgIpc) is 3.02. The molecule has 0 fully saturated rings. The Bertz CT molecular complexity index is 1010. The van der Waals surface area contributed by atoms with E-state index in [-0.39, 0.29) is 29.3 Å². The summed E-state index contributed by atoms with van der Waals surface area (Å²) in [7, 11) is 0. The first-order chi connectivity index (χ1) is 13.9. The first-order valence-corrected chi connectivity index (χ1v) is 9.02. The number of phenolic OH excluding ortho intramolecular Hbond substituents is 1. The van der Waals surface area contributed by atoms with Crippen LogP contribution in [-0.2, 0) is 6.54 Å². The average molecular weight is 424 g/mol. The van der Waals surface area contributed by atoms with Crippen LogP contribution >= 0.6 is 0 Å². The minimum absolute atomic E-state index is 0.0349. The summed E-state index contributed by atoms with van der Waals surface area (Å²) in [4.78, 5) is 11.9. The van der Waals surface area contributed by atoms with Crippen molar-refractivity contribution in [2.75, 3.05) is 5.32 Å². The predicted octanol–water partition coefficient (Wildman–Crippen LogP) is 4.19. The Labute approximate surface area is 170 Å². The monoisotopic (exact) mass is 424 g/mol. The van der Waals surface area contributed by atoms with Crippen LogP contribution in [0.2, 0.25) is 0 Å². The van der Waals surface area contributed by atoms with Crippen LogP contribution in [0.15, 0.2) is 48.6 Å². The van der Waals surface area contributed by atoms with Crippen molar-refractivity contribution in [2.45, 2.75) is 37.7 Å². The number of rotatable bonds is 6. The number of phenols is 1.